The molecular weight excluding hydrogens is 206 g/mol. The Hall–Kier alpha value is -1.36. The number of ether oxygens (including phenoxy) is 1. The largest absolute Gasteiger partial charge is 0.465 e. The Bertz CT molecular complexity index is 343. The van der Waals surface area contributed by atoms with Gasteiger partial charge in [0, 0.05) is 13.2 Å². The summed E-state index contributed by atoms with van der Waals surface area (Å²) in [6, 6.07) is 0. The fraction of sp³-hybridized carbons (Fsp3) is 0.375. The Morgan fingerprint density at radius 1 is 1.71 bits per heavy atom. The summed E-state index contributed by atoms with van der Waals surface area (Å²) in [7, 11) is 2.98. The first-order chi connectivity index (χ1) is 6.72. The van der Waals surface area contributed by atoms with Crippen molar-refractivity contribution in [3.63, 3.8) is 0 Å². The monoisotopic (exact) mass is 215 g/mol. The highest BCUT2D eigenvalue weighted by atomic mass is 35.5. The van der Waals surface area contributed by atoms with Gasteiger partial charge in [0.15, 0.2) is 0 Å². The predicted octanol–water partition coefficient (Wildman–Crippen LogP) is 1.04. The molecule has 1 aromatic heterocycles. The third-order valence-electron chi connectivity index (χ3n) is 1.62. The van der Waals surface area contributed by atoms with E-state index in [1.165, 1.54) is 13.3 Å². The number of esters is 1. The molecule has 0 aliphatic carbocycles. The lowest BCUT2D eigenvalue weighted by Crippen LogP contribution is -2.09. The van der Waals surface area contributed by atoms with Gasteiger partial charge in [0.25, 0.3) is 0 Å². The van der Waals surface area contributed by atoms with Crippen LogP contribution in [0.1, 0.15) is 16.1 Å². The van der Waals surface area contributed by atoms with E-state index in [4.69, 9.17) is 11.6 Å². The number of carbonyl (C=O) groups is 1. The zero-order chi connectivity index (χ0) is 10.6. The molecule has 0 aromatic carbocycles. The van der Waals surface area contributed by atoms with E-state index < -0.39 is 5.97 Å². The van der Waals surface area contributed by atoms with Gasteiger partial charge in [-0.05, 0) is 0 Å². The van der Waals surface area contributed by atoms with Crippen LogP contribution in [0.4, 0.5) is 5.95 Å². The number of methoxy groups -OCH3 is 1. The fourth-order valence-corrected chi connectivity index (χ4v) is 1.12. The van der Waals surface area contributed by atoms with Crippen molar-refractivity contribution in [2.45, 2.75) is 5.88 Å². The number of alkyl halides is 1. The molecule has 1 aromatic rings. The van der Waals surface area contributed by atoms with Crippen molar-refractivity contribution in [2.75, 3.05) is 19.5 Å². The number of carbonyl (C=O) groups excluding carboxylic acids is 1. The molecule has 6 heteroatoms. The smallest absolute Gasteiger partial charge is 0.341 e. The second kappa shape index (κ2) is 4.76. The second-order valence-electron chi connectivity index (χ2n) is 2.43. The van der Waals surface area contributed by atoms with Crippen LogP contribution in [0.2, 0.25) is 0 Å². The summed E-state index contributed by atoms with van der Waals surface area (Å²) in [4.78, 5) is 19.1. The van der Waals surface area contributed by atoms with Crippen molar-refractivity contribution in [2.24, 2.45) is 0 Å². The van der Waals surface area contributed by atoms with E-state index in [-0.39, 0.29) is 5.88 Å². The first kappa shape index (κ1) is 10.7. The van der Waals surface area contributed by atoms with Gasteiger partial charge >= 0.3 is 5.97 Å². The van der Waals surface area contributed by atoms with Crippen molar-refractivity contribution in [3.05, 3.63) is 17.5 Å². The highest BCUT2D eigenvalue weighted by molar-refractivity contribution is 6.17. The number of aromatic nitrogens is 2. The molecule has 0 atom stereocenters. The molecule has 1 heterocycles. The summed E-state index contributed by atoms with van der Waals surface area (Å²) in [6.07, 6.45) is 1.39. The molecule has 5 nitrogen and oxygen atoms in total. The Morgan fingerprint density at radius 2 is 2.43 bits per heavy atom. The maximum Gasteiger partial charge on any atom is 0.341 e. The van der Waals surface area contributed by atoms with Crippen LogP contribution in [0.3, 0.4) is 0 Å². The molecule has 76 valence electrons. The van der Waals surface area contributed by atoms with Crippen molar-refractivity contribution < 1.29 is 9.53 Å². The average Bonchev–Trinajstić information content (AvgIpc) is 2.27. The SMILES string of the molecule is CNc1ncc(C(=O)OC)c(CCl)n1. The number of anilines is 1. The molecule has 0 amide bonds. The van der Waals surface area contributed by atoms with Crippen LogP contribution in [0.15, 0.2) is 6.20 Å². The summed E-state index contributed by atoms with van der Waals surface area (Å²) in [5.74, 6) is 0.0818. The summed E-state index contributed by atoms with van der Waals surface area (Å²) < 4.78 is 4.55. The normalized spacial score (nSPS) is 9.64. The van der Waals surface area contributed by atoms with Gasteiger partial charge in [-0.3, -0.25) is 0 Å². The summed E-state index contributed by atoms with van der Waals surface area (Å²) in [5.41, 5.74) is 0.749. The molecule has 0 spiro atoms. The molecule has 1 rings (SSSR count). The lowest BCUT2D eigenvalue weighted by Gasteiger charge is -2.05. The summed E-state index contributed by atoms with van der Waals surface area (Å²) in [5, 5.41) is 2.75. The van der Waals surface area contributed by atoms with Crippen molar-refractivity contribution >= 4 is 23.5 Å². The molecule has 1 N–H and O–H groups in total. The Balaban J connectivity index is 3.11. The van der Waals surface area contributed by atoms with Crippen LogP contribution in [0.5, 0.6) is 0 Å². The van der Waals surface area contributed by atoms with E-state index in [0.29, 0.717) is 17.2 Å². The molecule has 0 saturated carbocycles. The van der Waals surface area contributed by atoms with Crippen molar-refractivity contribution in [3.8, 4) is 0 Å². The second-order valence-corrected chi connectivity index (χ2v) is 2.70. The molecule has 0 radical (unpaired) electrons. The van der Waals surface area contributed by atoms with Gasteiger partial charge in [0.05, 0.1) is 18.7 Å². The molecule has 0 unspecified atom stereocenters. The fourth-order valence-electron chi connectivity index (χ4n) is 0.920. The number of hydrogen-bond donors (Lipinski definition) is 1. The van der Waals surface area contributed by atoms with Gasteiger partial charge in [-0.1, -0.05) is 0 Å². The maximum atomic E-state index is 11.2. The van der Waals surface area contributed by atoms with Crippen molar-refractivity contribution in [1.29, 1.82) is 0 Å². The highest BCUT2D eigenvalue weighted by Crippen LogP contribution is 2.11. The van der Waals surface area contributed by atoms with E-state index in [1.54, 1.807) is 7.05 Å². The van der Waals surface area contributed by atoms with Gasteiger partial charge in [-0.15, -0.1) is 11.6 Å². The number of rotatable bonds is 3. The zero-order valence-corrected chi connectivity index (χ0v) is 8.63. The Labute approximate surface area is 86.5 Å². The minimum Gasteiger partial charge on any atom is -0.465 e. The van der Waals surface area contributed by atoms with Crippen LogP contribution < -0.4 is 5.32 Å². The standard InChI is InChI=1S/C8H10ClN3O2/c1-10-8-11-4-5(7(13)14-2)6(3-9)12-8/h4H,3H2,1-2H3,(H,10,11,12). The molecular formula is C8H10ClN3O2. The minimum atomic E-state index is -0.483. The van der Waals surface area contributed by atoms with E-state index in [9.17, 15) is 4.79 Å². The first-order valence-corrected chi connectivity index (χ1v) is 4.44. The molecule has 0 saturated heterocycles. The van der Waals surface area contributed by atoms with Gasteiger partial charge in [-0.2, -0.15) is 0 Å². The third kappa shape index (κ3) is 2.11. The number of nitrogens with one attached hydrogen (secondary N) is 1. The number of nitrogens with zero attached hydrogens (tertiary/aromatic N) is 2. The Kier molecular flexibility index (Phi) is 3.64. The van der Waals surface area contributed by atoms with E-state index in [1.807, 2.05) is 0 Å². The molecule has 0 aliphatic heterocycles. The van der Waals surface area contributed by atoms with Crippen molar-refractivity contribution in [1.82, 2.24) is 9.97 Å². The third-order valence-corrected chi connectivity index (χ3v) is 1.88. The number of hydrogen-bond acceptors (Lipinski definition) is 5. The topological polar surface area (TPSA) is 64.1 Å². The molecule has 0 aliphatic rings. The maximum absolute atomic E-state index is 11.2. The van der Waals surface area contributed by atoms with Crippen LogP contribution >= 0.6 is 11.6 Å². The van der Waals surface area contributed by atoms with Gasteiger partial charge in [0.2, 0.25) is 5.95 Å². The summed E-state index contributed by atoms with van der Waals surface area (Å²) >= 11 is 5.64. The summed E-state index contributed by atoms with van der Waals surface area (Å²) in [6.45, 7) is 0. The minimum absolute atomic E-state index is 0.141. The van der Waals surface area contributed by atoms with E-state index >= 15 is 0 Å². The average molecular weight is 216 g/mol. The lowest BCUT2D eigenvalue weighted by atomic mass is 10.2. The van der Waals surface area contributed by atoms with Crippen LogP contribution in [-0.2, 0) is 10.6 Å². The quantitative estimate of drug-likeness (QED) is 0.603. The molecule has 0 bridgehead atoms. The molecule has 0 fully saturated rings. The predicted molar refractivity (Wildman–Crippen MR) is 52.5 cm³/mol. The van der Waals surface area contributed by atoms with Gasteiger partial charge in [-0.25, -0.2) is 14.8 Å². The van der Waals surface area contributed by atoms with Crippen LogP contribution in [0, 0.1) is 0 Å². The molecule has 14 heavy (non-hydrogen) atoms. The highest BCUT2D eigenvalue weighted by Gasteiger charge is 2.13. The van der Waals surface area contributed by atoms with Crippen LogP contribution in [0.25, 0.3) is 0 Å². The van der Waals surface area contributed by atoms with Gasteiger partial charge in [0.1, 0.15) is 5.56 Å². The van der Waals surface area contributed by atoms with Crippen LogP contribution in [-0.4, -0.2) is 30.1 Å². The van der Waals surface area contributed by atoms with E-state index in [0.717, 1.165) is 0 Å². The zero-order valence-electron chi connectivity index (χ0n) is 7.87. The lowest BCUT2D eigenvalue weighted by molar-refractivity contribution is 0.0598. The van der Waals surface area contributed by atoms with Gasteiger partial charge < -0.3 is 10.1 Å². The Morgan fingerprint density at radius 3 is 2.93 bits per heavy atom. The number of halogens is 1. The first-order valence-electron chi connectivity index (χ1n) is 3.91. The van der Waals surface area contributed by atoms with E-state index in [2.05, 4.69) is 20.0 Å².